The van der Waals surface area contributed by atoms with Gasteiger partial charge in [-0.1, -0.05) is 12.8 Å². The molecule has 6 heteroatoms. The molecule has 6 nitrogen and oxygen atoms in total. The average molecular weight is 277 g/mol. The van der Waals surface area contributed by atoms with Crippen molar-refractivity contribution in [3.05, 3.63) is 23.7 Å². The number of nitrogens with two attached hydrogens (primary N) is 1. The second kappa shape index (κ2) is 5.28. The Morgan fingerprint density at radius 3 is 3.00 bits per heavy atom. The fraction of sp³-hybridized carbons (Fsp3) is 0.571. The Morgan fingerprint density at radius 1 is 1.45 bits per heavy atom. The van der Waals surface area contributed by atoms with Gasteiger partial charge in [-0.2, -0.15) is 0 Å². The molecule has 2 fully saturated rings. The largest absolute Gasteiger partial charge is 0.467 e. The van der Waals surface area contributed by atoms with E-state index in [1.54, 1.807) is 11.0 Å². The van der Waals surface area contributed by atoms with Crippen molar-refractivity contribution in [3.63, 3.8) is 0 Å². The van der Waals surface area contributed by atoms with Crippen LogP contribution in [0.2, 0.25) is 0 Å². The van der Waals surface area contributed by atoms with Crippen LogP contribution in [0.4, 0.5) is 0 Å². The van der Waals surface area contributed by atoms with Crippen LogP contribution < -0.4 is 11.1 Å². The van der Waals surface area contributed by atoms with Gasteiger partial charge < -0.3 is 20.4 Å². The van der Waals surface area contributed by atoms with E-state index >= 15 is 0 Å². The van der Waals surface area contributed by atoms with Crippen LogP contribution in [-0.2, 0) is 11.3 Å². The highest BCUT2D eigenvalue weighted by atomic mass is 16.3. The van der Waals surface area contributed by atoms with E-state index in [2.05, 4.69) is 5.32 Å². The Labute approximate surface area is 117 Å². The lowest BCUT2D eigenvalue weighted by molar-refractivity contribution is -0.127. The summed E-state index contributed by atoms with van der Waals surface area (Å²) >= 11 is 0. The molecule has 2 heterocycles. The third-order valence-electron chi connectivity index (χ3n) is 4.15. The highest BCUT2D eigenvalue weighted by Crippen LogP contribution is 2.27. The van der Waals surface area contributed by atoms with Crippen LogP contribution in [0, 0.1) is 0 Å². The summed E-state index contributed by atoms with van der Waals surface area (Å²) in [7, 11) is 0. The molecule has 0 bridgehead atoms. The Balaban J connectivity index is 1.82. The number of nitrogens with one attached hydrogen (secondary N) is 1. The van der Waals surface area contributed by atoms with Gasteiger partial charge in [0.2, 0.25) is 5.91 Å². The minimum absolute atomic E-state index is 0.0796. The molecule has 2 amide bonds. The highest BCUT2D eigenvalue weighted by Gasteiger charge is 2.39. The first-order chi connectivity index (χ1) is 9.69. The monoisotopic (exact) mass is 277 g/mol. The molecule has 20 heavy (non-hydrogen) atoms. The molecular weight excluding hydrogens is 258 g/mol. The van der Waals surface area contributed by atoms with Gasteiger partial charge in [-0.3, -0.25) is 9.59 Å². The van der Waals surface area contributed by atoms with Crippen molar-refractivity contribution < 1.29 is 14.0 Å². The summed E-state index contributed by atoms with van der Waals surface area (Å²) in [5.74, 6) is 0.360. The molecule has 1 aromatic rings. The lowest BCUT2D eigenvalue weighted by Gasteiger charge is -2.43. The van der Waals surface area contributed by atoms with Gasteiger partial charge in [0.25, 0.3) is 5.91 Å². The predicted molar refractivity (Wildman–Crippen MR) is 71.8 cm³/mol. The number of hydrogen-bond acceptors (Lipinski definition) is 4. The number of hydrogen-bond donors (Lipinski definition) is 2. The second-order valence-corrected chi connectivity index (χ2v) is 5.46. The van der Waals surface area contributed by atoms with E-state index in [9.17, 15) is 9.59 Å². The van der Waals surface area contributed by atoms with Gasteiger partial charge in [0, 0.05) is 6.04 Å². The number of carbonyl (C=O) groups is 2. The van der Waals surface area contributed by atoms with E-state index in [0.717, 1.165) is 25.7 Å². The number of nitrogens with zero attached hydrogens (tertiary/aromatic N) is 1. The molecule has 2 unspecified atom stereocenters. The molecule has 1 saturated heterocycles. The molecule has 2 atom stereocenters. The van der Waals surface area contributed by atoms with Crippen LogP contribution in [0.1, 0.15) is 41.8 Å². The predicted octanol–water partition coefficient (Wildman–Crippen LogP) is 0.621. The smallest absolute Gasteiger partial charge is 0.257 e. The maximum atomic E-state index is 12.6. The lowest BCUT2D eigenvalue weighted by atomic mass is 9.87. The molecule has 108 valence electrons. The van der Waals surface area contributed by atoms with Gasteiger partial charge in [-0.25, -0.2) is 0 Å². The minimum atomic E-state index is -0.139. The van der Waals surface area contributed by atoms with E-state index in [0.29, 0.717) is 11.3 Å². The minimum Gasteiger partial charge on any atom is -0.467 e. The van der Waals surface area contributed by atoms with Crippen LogP contribution in [0.5, 0.6) is 0 Å². The first kappa shape index (κ1) is 13.2. The van der Waals surface area contributed by atoms with Crippen molar-refractivity contribution in [3.8, 4) is 0 Å². The van der Waals surface area contributed by atoms with E-state index in [-0.39, 0.29) is 37.0 Å². The molecule has 3 N–H and O–H groups in total. The van der Waals surface area contributed by atoms with Crippen LogP contribution in [0.3, 0.4) is 0 Å². The standard InChI is InChI=1S/C14H19N3O3/c15-6-10-5-9(8-20-10)14(19)17-7-13(18)16-11-3-1-2-4-12(11)17/h5,8,11-12H,1-4,6-7,15H2,(H,16,18). The Bertz CT molecular complexity index is 525. The summed E-state index contributed by atoms with van der Waals surface area (Å²) in [5.41, 5.74) is 5.96. The quantitative estimate of drug-likeness (QED) is 0.829. The first-order valence-electron chi connectivity index (χ1n) is 7.07. The Hall–Kier alpha value is -1.82. The van der Waals surface area contributed by atoms with E-state index < -0.39 is 0 Å². The van der Waals surface area contributed by atoms with Gasteiger partial charge >= 0.3 is 0 Å². The number of amides is 2. The molecule has 1 aliphatic carbocycles. The summed E-state index contributed by atoms with van der Waals surface area (Å²) in [6.07, 6.45) is 5.51. The molecule has 1 saturated carbocycles. The number of furan rings is 1. The normalized spacial score (nSPS) is 26.1. The molecule has 3 rings (SSSR count). The number of carbonyl (C=O) groups excluding carboxylic acids is 2. The van der Waals surface area contributed by atoms with E-state index in [1.807, 2.05) is 0 Å². The summed E-state index contributed by atoms with van der Waals surface area (Å²) in [6, 6.07) is 1.85. The van der Waals surface area contributed by atoms with Crippen LogP contribution >= 0.6 is 0 Å². The Kier molecular flexibility index (Phi) is 3.48. The highest BCUT2D eigenvalue weighted by molar-refractivity contribution is 5.97. The number of piperazine rings is 1. The first-order valence-corrected chi connectivity index (χ1v) is 7.07. The van der Waals surface area contributed by atoms with Crippen molar-refractivity contribution >= 4 is 11.8 Å². The third-order valence-corrected chi connectivity index (χ3v) is 4.15. The topological polar surface area (TPSA) is 88.6 Å². The lowest BCUT2D eigenvalue weighted by Crippen LogP contribution is -2.62. The zero-order chi connectivity index (χ0) is 14.1. The van der Waals surface area contributed by atoms with E-state index in [1.165, 1.54) is 6.26 Å². The van der Waals surface area contributed by atoms with Crippen LogP contribution in [0.25, 0.3) is 0 Å². The fourth-order valence-corrected chi connectivity index (χ4v) is 3.17. The third kappa shape index (κ3) is 2.31. The maximum Gasteiger partial charge on any atom is 0.257 e. The van der Waals surface area contributed by atoms with Crippen molar-refractivity contribution in [2.75, 3.05) is 6.54 Å². The van der Waals surface area contributed by atoms with Crippen molar-refractivity contribution in [1.29, 1.82) is 0 Å². The van der Waals surface area contributed by atoms with Crippen molar-refractivity contribution in [2.45, 2.75) is 44.3 Å². The molecular formula is C14H19N3O3. The number of rotatable bonds is 2. The van der Waals surface area contributed by atoms with Gasteiger partial charge in [0.05, 0.1) is 18.2 Å². The van der Waals surface area contributed by atoms with Crippen molar-refractivity contribution in [2.24, 2.45) is 5.73 Å². The molecule has 2 aliphatic rings. The fourth-order valence-electron chi connectivity index (χ4n) is 3.17. The summed E-state index contributed by atoms with van der Waals surface area (Å²) in [6.45, 7) is 0.392. The zero-order valence-corrected chi connectivity index (χ0v) is 11.3. The van der Waals surface area contributed by atoms with Gasteiger partial charge in [0.15, 0.2) is 0 Å². The Morgan fingerprint density at radius 2 is 2.25 bits per heavy atom. The molecule has 0 spiro atoms. The van der Waals surface area contributed by atoms with Gasteiger partial charge in [-0.05, 0) is 18.9 Å². The maximum absolute atomic E-state index is 12.6. The van der Waals surface area contributed by atoms with Gasteiger partial charge in [-0.15, -0.1) is 0 Å². The summed E-state index contributed by atoms with van der Waals surface area (Å²) in [4.78, 5) is 26.0. The van der Waals surface area contributed by atoms with Crippen LogP contribution in [0.15, 0.2) is 16.7 Å². The summed E-state index contributed by atoms with van der Waals surface area (Å²) < 4.78 is 5.22. The molecule has 0 radical (unpaired) electrons. The van der Waals surface area contributed by atoms with Gasteiger partial charge in [0.1, 0.15) is 18.6 Å². The molecule has 0 aromatic carbocycles. The van der Waals surface area contributed by atoms with Crippen LogP contribution in [-0.4, -0.2) is 35.3 Å². The number of fused-ring (bicyclic) bond motifs is 1. The zero-order valence-electron chi connectivity index (χ0n) is 11.3. The average Bonchev–Trinajstić information content (AvgIpc) is 2.94. The van der Waals surface area contributed by atoms with E-state index in [4.69, 9.17) is 10.2 Å². The second-order valence-electron chi connectivity index (χ2n) is 5.46. The summed E-state index contributed by atoms with van der Waals surface area (Å²) in [5, 5.41) is 2.99. The SMILES string of the molecule is NCc1cc(C(=O)N2CC(=O)NC3CCCCC32)co1. The molecule has 1 aliphatic heterocycles. The van der Waals surface area contributed by atoms with Crippen molar-refractivity contribution in [1.82, 2.24) is 10.2 Å². The molecule has 1 aromatic heterocycles.